The van der Waals surface area contributed by atoms with Gasteiger partial charge in [-0.25, -0.2) is 0 Å². The van der Waals surface area contributed by atoms with Crippen LogP contribution in [0.3, 0.4) is 0 Å². The highest BCUT2D eigenvalue weighted by Crippen LogP contribution is 2.31. The molecule has 2 rings (SSSR count). The van der Waals surface area contributed by atoms with Crippen molar-refractivity contribution >= 4 is 0 Å². The third kappa shape index (κ3) is 3.31. The molecule has 1 heterocycles. The van der Waals surface area contributed by atoms with E-state index in [1.165, 1.54) is 6.07 Å². The molecule has 1 aromatic carbocycles. The Bertz CT molecular complexity index is 548. The average molecular weight is 270 g/mol. The van der Waals surface area contributed by atoms with Gasteiger partial charge in [-0.1, -0.05) is 17.3 Å². The van der Waals surface area contributed by atoms with Crippen LogP contribution in [0, 0.1) is 0 Å². The molecular formula is C12H13F3N4. The fraction of sp³-hybridized carbons (Fsp3) is 0.333. The fourth-order valence-electron chi connectivity index (χ4n) is 1.65. The Morgan fingerprint density at radius 3 is 2.74 bits per heavy atom. The smallest absolute Gasteiger partial charge is 0.330 e. The minimum Gasteiger partial charge on any atom is -0.330 e. The van der Waals surface area contributed by atoms with Crippen LogP contribution in [0.2, 0.25) is 0 Å². The van der Waals surface area contributed by atoms with E-state index in [2.05, 4.69) is 10.3 Å². The second-order valence-corrected chi connectivity index (χ2v) is 4.09. The van der Waals surface area contributed by atoms with Gasteiger partial charge in [0.05, 0.1) is 11.8 Å². The monoisotopic (exact) mass is 270 g/mol. The Balaban J connectivity index is 2.24. The van der Waals surface area contributed by atoms with Gasteiger partial charge in [-0.15, -0.1) is 5.10 Å². The van der Waals surface area contributed by atoms with E-state index in [9.17, 15) is 13.2 Å². The normalized spacial score (nSPS) is 11.8. The molecule has 0 radical (unpaired) electrons. The first-order valence-corrected chi connectivity index (χ1v) is 5.78. The highest BCUT2D eigenvalue weighted by Gasteiger charge is 2.30. The number of nitrogens with zero attached hydrogens (tertiary/aromatic N) is 3. The third-order valence-electron chi connectivity index (χ3n) is 2.62. The first-order chi connectivity index (χ1) is 9.00. The second kappa shape index (κ2) is 5.40. The quantitative estimate of drug-likeness (QED) is 0.927. The molecule has 102 valence electrons. The summed E-state index contributed by atoms with van der Waals surface area (Å²) in [4.78, 5) is 0. The molecule has 0 aliphatic rings. The van der Waals surface area contributed by atoms with Crippen LogP contribution >= 0.6 is 0 Å². The summed E-state index contributed by atoms with van der Waals surface area (Å²) >= 11 is 0. The lowest BCUT2D eigenvalue weighted by Gasteiger charge is -2.07. The molecule has 0 atom stereocenters. The lowest BCUT2D eigenvalue weighted by atomic mass is 10.1. The molecule has 0 amide bonds. The van der Waals surface area contributed by atoms with E-state index >= 15 is 0 Å². The summed E-state index contributed by atoms with van der Waals surface area (Å²) in [5, 5.41) is 7.72. The van der Waals surface area contributed by atoms with Gasteiger partial charge in [-0.2, -0.15) is 13.2 Å². The second-order valence-electron chi connectivity index (χ2n) is 4.09. The van der Waals surface area contributed by atoms with E-state index in [1.807, 2.05) is 0 Å². The van der Waals surface area contributed by atoms with Gasteiger partial charge in [-0.3, -0.25) is 4.68 Å². The maximum atomic E-state index is 12.6. The van der Waals surface area contributed by atoms with Gasteiger partial charge in [0.1, 0.15) is 5.69 Å². The SMILES string of the molecule is NCCCn1cc(-c2cccc(C(F)(F)F)c2)nn1. The highest BCUT2D eigenvalue weighted by atomic mass is 19.4. The van der Waals surface area contributed by atoms with Crippen LogP contribution in [0.4, 0.5) is 13.2 Å². The van der Waals surface area contributed by atoms with Crippen molar-refractivity contribution in [3.05, 3.63) is 36.0 Å². The van der Waals surface area contributed by atoms with E-state index < -0.39 is 11.7 Å². The van der Waals surface area contributed by atoms with Crippen LogP contribution < -0.4 is 5.73 Å². The Labute approximate surface area is 108 Å². The zero-order chi connectivity index (χ0) is 13.9. The Kier molecular flexibility index (Phi) is 3.84. The lowest BCUT2D eigenvalue weighted by molar-refractivity contribution is -0.137. The first-order valence-electron chi connectivity index (χ1n) is 5.78. The Morgan fingerprint density at radius 1 is 1.26 bits per heavy atom. The van der Waals surface area contributed by atoms with E-state index in [1.54, 1.807) is 16.9 Å². The lowest BCUT2D eigenvalue weighted by Crippen LogP contribution is -2.06. The highest BCUT2D eigenvalue weighted by molar-refractivity contribution is 5.58. The number of nitrogens with two attached hydrogens (primary N) is 1. The van der Waals surface area contributed by atoms with Crippen molar-refractivity contribution in [2.24, 2.45) is 5.73 Å². The van der Waals surface area contributed by atoms with Gasteiger partial charge >= 0.3 is 6.18 Å². The van der Waals surface area contributed by atoms with Gasteiger partial charge in [0.25, 0.3) is 0 Å². The molecule has 7 heteroatoms. The number of aryl methyl sites for hydroxylation is 1. The standard InChI is InChI=1S/C12H13F3N4/c13-12(14,15)10-4-1-3-9(7-10)11-8-19(18-17-11)6-2-5-16/h1,3-4,7-8H,2,5-6,16H2. The number of hydrogen-bond acceptors (Lipinski definition) is 3. The number of hydrogen-bond donors (Lipinski definition) is 1. The summed E-state index contributed by atoms with van der Waals surface area (Å²) in [6, 6.07) is 5.03. The van der Waals surface area contributed by atoms with Gasteiger partial charge in [0.2, 0.25) is 0 Å². The molecule has 0 fully saturated rings. The van der Waals surface area contributed by atoms with Crippen LogP contribution in [0.25, 0.3) is 11.3 Å². The predicted octanol–water partition coefficient (Wildman–Crippen LogP) is 2.31. The first kappa shape index (κ1) is 13.5. The minimum atomic E-state index is -4.36. The van der Waals surface area contributed by atoms with E-state index in [4.69, 9.17) is 5.73 Å². The number of rotatable bonds is 4. The molecule has 2 aromatic rings. The van der Waals surface area contributed by atoms with Crippen molar-refractivity contribution in [3.63, 3.8) is 0 Å². The summed E-state index contributed by atoms with van der Waals surface area (Å²) in [6.07, 6.45) is -2.00. The summed E-state index contributed by atoms with van der Waals surface area (Å²) in [7, 11) is 0. The molecule has 2 N–H and O–H groups in total. The van der Waals surface area contributed by atoms with Crippen LogP contribution in [-0.4, -0.2) is 21.5 Å². The molecule has 19 heavy (non-hydrogen) atoms. The fourth-order valence-corrected chi connectivity index (χ4v) is 1.65. The Hall–Kier alpha value is -1.89. The summed E-state index contributed by atoms with van der Waals surface area (Å²) < 4.78 is 39.4. The number of alkyl halides is 3. The van der Waals surface area contributed by atoms with Crippen LogP contribution in [0.15, 0.2) is 30.5 Å². The molecule has 4 nitrogen and oxygen atoms in total. The van der Waals surface area contributed by atoms with Crippen molar-refractivity contribution in [2.75, 3.05) is 6.54 Å². The molecule has 0 aliphatic carbocycles. The molecule has 0 aliphatic heterocycles. The maximum Gasteiger partial charge on any atom is 0.416 e. The van der Waals surface area contributed by atoms with Crippen LogP contribution in [0.1, 0.15) is 12.0 Å². The molecule has 0 saturated heterocycles. The zero-order valence-electron chi connectivity index (χ0n) is 10.1. The van der Waals surface area contributed by atoms with Crippen molar-refractivity contribution in [3.8, 4) is 11.3 Å². The van der Waals surface area contributed by atoms with E-state index in [-0.39, 0.29) is 0 Å². The third-order valence-corrected chi connectivity index (χ3v) is 2.62. The number of aromatic nitrogens is 3. The zero-order valence-corrected chi connectivity index (χ0v) is 10.1. The molecule has 0 spiro atoms. The number of benzene rings is 1. The predicted molar refractivity (Wildman–Crippen MR) is 64.1 cm³/mol. The van der Waals surface area contributed by atoms with E-state index in [0.717, 1.165) is 18.6 Å². The summed E-state index contributed by atoms with van der Waals surface area (Å²) in [5.74, 6) is 0. The maximum absolute atomic E-state index is 12.6. The van der Waals surface area contributed by atoms with Gasteiger partial charge in [0.15, 0.2) is 0 Å². The van der Waals surface area contributed by atoms with Crippen molar-refractivity contribution in [2.45, 2.75) is 19.1 Å². The molecule has 1 aromatic heterocycles. The molecule has 0 unspecified atom stereocenters. The summed E-state index contributed by atoms with van der Waals surface area (Å²) in [6.45, 7) is 1.13. The van der Waals surface area contributed by atoms with Gasteiger partial charge in [0, 0.05) is 12.1 Å². The topological polar surface area (TPSA) is 56.7 Å². The van der Waals surface area contributed by atoms with Crippen molar-refractivity contribution in [1.82, 2.24) is 15.0 Å². The Morgan fingerprint density at radius 2 is 2.05 bits per heavy atom. The molecule has 0 saturated carbocycles. The largest absolute Gasteiger partial charge is 0.416 e. The van der Waals surface area contributed by atoms with Crippen LogP contribution in [-0.2, 0) is 12.7 Å². The van der Waals surface area contributed by atoms with E-state index in [0.29, 0.717) is 24.3 Å². The summed E-state index contributed by atoms with van der Waals surface area (Å²) in [5.41, 5.74) is 5.50. The average Bonchev–Trinajstić information content (AvgIpc) is 2.84. The van der Waals surface area contributed by atoms with Gasteiger partial charge in [-0.05, 0) is 25.1 Å². The van der Waals surface area contributed by atoms with Gasteiger partial charge < -0.3 is 5.73 Å². The van der Waals surface area contributed by atoms with Crippen LogP contribution in [0.5, 0.6) is 0 Å². The number of halogens is 3. The van der Waals surface area contributed by atoms with Crippen molar-refractivity contribution < 1.29 is 13.2 Å². The minimum absolute atomic E-state index is 0.397. The molecule has 0 bridgehead atoms. The molecular weight excluding hydrogens is 257 g/mol. The van der Waals surface area contributed by atoms with Crippen molar-refractivity contribution in [1.29, 1.82) is 0 Å².